The highest BCUT2D eigenvalue weighted by Crippen LogP contribution is 2.39. The van der Waals surface area contributed by atoms with Gasteiger partial charge >= 0.3 is 0 Å². The van der Waals surface area contributed by atoms with Crippen LogP contribution in [-0.2, 0) is 4.74 Å². The fourth-order valence-corrected chi connectivity index (χ4v) is 3.59. The van der Waals surface area contributed by atoms with Gasteiger partial charge in [0.2, 0.25) is 0 Å². The fraction of sp³-hybridized carbons (Fsp3) is 0.625. The second-order valence-electron chi connectivity index (χ2n) is 6.01. The van der Waals surface area contributed by atoms with E-state index in [-0.39, 0.29) is 0 Å². The van der Waals surface area contributed by atoms with E-state index in [9.17, 15) is 0 Å². The Balaban J connectivity index is 1.72. The third kappa shape index (κ3) is 2.32. The second kappa shape index (κ2) is 5.04. The fourth-order valence-electron chi connectivity index (χ4n) is 3.59. The minimum atomic E-state index is 0.669. The zero-order chi connectivity index (χ0) is 13.4. The molecule has 104 valence electrons. The lowest BCUT2D eigenvalue weighted by Gasteiger charge is -2.28. The van der Waals surface area contributed by atoms with E-state index in [4.69, 9.17) is 4.74 Å². The van der Waals surface area contributed by atoms with E-state index in [1.807, 2.05) is 0 Å². The average Bonchev–Trinajstić information content (AvgIpc) is 2.96. The molecule has 3 nitrogen and oxygen atoms in total. The molecule has 2 saturated heterocycles. The van der Waals surface area contributed by atoms with Gasteiger partial charge in [-0.25, -0.2) is 0 Å². The molecule has 0 aliphatic carbocycles. The maximum absolute atomic E-state index is 5.56. The summed E-state index contributed by atoms with van der Waals surface area (Å²) in [6.07, 6.45) is 3.77. The molecule has 19 heavy (non-hydrogen) atoms. The second-order valence-corrected chi connectivity index (χ2v) is 6.01. The number of nitrogens with one attached hydrogen (secondary N) is 1. The lowest BCUT2D eigenvalue weighted by Crippen LogP contribution is -2.33. The zero-order valence-electron chi connectivity index (χ0n) is 11.9. The van der Waals surface area contributed by atoms with Gasteiger partial charge in [-0.3, -0.25) is 0 Å². The lowest BCUT2D eigenvalue weighted by molar-refractivity contribution is 0.235. The van der Waals surface area contributed by atoms with Crippen LogP contribution in [0, 0.1) is 11.8 Å². The summed E-state index contributed by atoms with van der Waals surface area (Å²) in [6.45, 7) is 14.5. The monoisotopic (exact) mass is 260 g/mol. The van der Waals surface area contributed by atoms with Crippen LogP contribution in [0.25, 0.3) is 0 Å². The van der Waals surface area contributed by atoms with Gasteiger partial charge in [-0.15, -0.1) is 0 Å². The summed E-state index contributed by atoms with van der Waals surface area (Å²) in [6, 6.07) is 0. The Bertz CT molecular complexity index is 432. The topological polar surface area (TPSA) is 24.5 Å². The molecule has 3 aliphatic heterocycles. The van der Waals surface area contributed by atoms with Crippen molar-refractivity contribution >= 4 is 0 Å². The van der Waals surface area contributed by atoms with E-state index in [1.165, 1.54) is 42.9 Å². The molecule has 3 heteroatoms. The molecule has 2 fully saturated rings. The number of allylic oxidation sites excluding steroid dienone is 2. The predicted octanol–water partition coefficient (Wildman–Crippen LogP) is 2.64. The number of nitrogens with zero attached hydrogens (tertiary/aromatic N) is 1. The van der Waals surface area contributed by atoms with E-state index >= 15 is 0 Å². The summed E-state index contributed by atoms with van der Waals surface area (Å²) in [5.41, 5.74) is 3.75. The lowest BCUT2D eigenvalue weighted by atomic mass is 9.84. The maximum Gasteiger partial charge on any atom is 0.129 e. The van der Waals surface area contributed by atoms with Crippen LogP contribution in [0.2, 0.25) is 0 Å². The highest BCUT2D eigenvalue weighted by atomic mass is 16.5. The number of ether oxygens (including phenoxy) is 1. The smallest absolute Gasteiger partial charge is 0.129 e. The van der Waals surface area contributed by atoms with Gasteiger partial charge in [-0.05, 0) is 51.1 Å². The third-order valence-corrected chi connectivity index (χ3v) is 4.91. The first-order valence-corrected chi connectivity index (χ1v) is 7.34. The molecule has 0 saturated carbocycles. The van der Waals surface area contributed by atoms with Crippen LogP contribution in [0.5, 0.6) is 0 Å². The van der Waals surface area contributed by atoms with Crippen molar-refractivity contribution in [1.82, 2.24) is 10.2 Å². The van der Waals surface area contributed by atoms with Crippen molar-refractivity contribution in [3.05, 3.63) is 35.9 Å². The summed E-state index contributed by atoms with van der Waals surface area (Å²) in [7, 11) is 0. The van der Waals surface area contributed by atoms with E-state index < -0.39 is 0 Å². The summed E-state index contributed by atoms with van der Waals surface area (Å²) in [5, 5.41) is 3.45. The molecular formula is C16H24N2O. The van der Waals surface area contributed by atoms with Crippen LogP contribution in [0.15, 0.2) is 35.9 Å². The Kier molecular flexibility index (Phi) is 3.40. The summed E-state index contributed by atoms with van der Waals surface area (Å²) in [5.74, 6) is 2.45. The van der Waals surface area contributed by atoms with Gasteiger partial charge in [0.05, 0.1) is 5.70 Å². The molecule has 0 aromatic carbocycles. The summed E-state index contributed by atoms with van der Waals surface area (Å²) < 4.78 is 5.56. The molecule has 0 aromatic heterocycles. The number of rotatable bonds is 2. The molecule has 3 heterocycles. The third-order valence-electron chi connectivity index (χ3n) is 4.91. The van der Waals surface area contributed by atoms with E-state index in [0.29, 0.717) is 6.61 Å². The normalized spacial score (nSPS) is 29.3. The molecule has 1 N–H and O–H groups in total. The first kappa shape index (κ1) is 12.8. The van der Waals surface area contributed by atoms with Crippen LogP contribution in [0.3, 0.4) is 0 Å². The molecule has 3 rings (SSSR count). The molecule has 3 aliphatic rings. The first-order chi connectivity index (χ1) is 9.16. The van der Waals surface area contributed by atoms with Crippen LogP contribution >= 0.6 is 0 Å². The van der Waals surface area contributed by atoms with Crippen molar-refractivity contribution in [2.75, 3.05) is 26.2 Å². The largest absolute Gasteiger partial charge is 0.488 e. The Morgan fingerprint density at radius 2 is 1.95 bits per heavy atom. The Morgan fingerprint density at radius 1 is 1.21 bits per heavy atom. The van der Waals surface area contributed by atoms with Crippen LogP contribution in [-0.4, -0.2) is 31.1 Å². The SMILES string of the molecule is C=C1OCC(N2CC(C3CCNCC3)CC2=C)=C1C. The first-order valence-electron chi connectivity index (χ1n) is 7.34. The molecule has 1 unspecified atom stereocenters. The molecule has 1 atom stereocenters. The van der Waals surface area contributed by atoms with Gasteiger partial charge in [0, 0.05) is 17.8 Å². The molecule has 0 amide bonds. The molecule has 0 bridgehead atoms. The average molecular weight is 260 g/mol. The standard InChI is InChI=1S/C16H24N2O/c1-11-8-15(14-4-6-17-7-5-14)9-18(11)16-10-19-13(3)12(16)2/h14-15,17H,1,3-10H2,2H3. The van der Waals surface area contributed by atoms with Crippen molar-refractivity contribution in [2.24, 2.45) is 11.8 Å². The summed E-state index contributed by atoms with van der Waals surface area (Å²) >= 11 is 0. The Hall–Kier alpha value is -1.22. The minimum absolute atomic E-state index is 0.669. The summed E-state index contributed by atoms with van der Waals surface area (Å²) in [4.78, 5) is 2.39. The van der Waals surface area contributed by atoms with Gasteiger partial charge in [-0.2, -0.15) is 0 Å². The highest BCUT2D eigenvalue weighted by Gasteiger charge is 2.35. The van der Waals surface area contributed by atoms with Crippen molar-refractivity contribution in [3.63, 3.8) is 0 Å². The zero-order valence-corrected chi connectivity index (χ0v) is 11.9. The minimum Gasteiger partial charge on any atom is -0.488 e. The van der Waals surface area contributed by atoms with Crippen molar-refractivity contribution in [2.45, 2.75) is 26.2 Å². The number of likely N-dealkylation sites (tertiary alicyclic amines) is 1. The molecular weight excluding hydrogens is 236 g/mol. The Morgan fingerprint density at radius 3 is 2.58 bits per heavy atom. The molecule has 0 radical (unpaired) electrons. The molecule has 0 spiro atoms. The van der Waals surface area contributed by atoms with E-state index in [1.54, 1.807) is 0 Å². The van der Waals surface area contributed by atoms with Crippen molar-refractivity contribution < 1.29 is 4.74 Å². The van der Waals surface area contributed by atoms with Crippen molar-refractivity contribution in [1.29, 1.82) is 0 Å². The van der Waals surface area contributed by atoms with Crippen LogP contribution in [0.4, 0.5) is 0 Å². The van der Waals surface area contributed by atoms with Crippen LogP contribution in [0.1, 0.15) is 26.2 Å². The highest BCUT2D eigenvalue weighted by molar-refractivity contribution is 5.34. The van der Waals surface area contributed by atoms with Gasteiger partial charge in [-0.1, -0.05) is 13.2 Å². The van der Waals surface area contributed by atoms with Gasteiger partial charge < -0.3 is 15.0 Å². The van der Waals surface area contributed by atoms with Crippen molar-refractivity contribution in [3.8, 4) is 0 Å². The number of hydrogen-bond acceptors (Lipinski definition) is 3. The number of piperidine rings is 1. The van der Waals surface area contributed by atoms with E-state index in [2.05, 4.69) is 30.3 Å². The van der Waals surface area contributed by atoms with E-state index in [0.717, 1.165) is 30.6 Å². The number of hydrogen-bond donors (Lipinski definition) is 1. The predicted molar refractivity (Wildman–Crippen MR) is 77.3 cm³/mol. The maximum atomic E-state index is 5.56. The Labute approximate surface area is 116 Å². The quantitative estimate of drug-likeness (QED) is 0.826. The van der Waals surface area contributed by atoms with Gasteiger partial charge in [0.25, 0.3) is 0 Å². The van der Waals surface area contributed by atoms with Gasteiger partial charge in [0.1, 0.15) is 12.4 Å². The van der Waals surface area contributed by atoms with Crippen LogP contribution < -0.4 is 5.32 Å². The molecule has 0 aromatic rings. The van der Waals surface area contributed by atoms with Gasteiger partial charge in [0.15, 0.2) is 0 Å².